The van der Waals surface area contributed by atoms with Crippen LogP contribution < -0.4 is 0 Å². The van der Waals surface area contributed by atoms with Gasteiger partial charge in [0.15, 0.2) is 0 Å². The Bertz CT molecular complexity index is 157. The fraction of sp³-hybridized carbons (Fsp3) is 0.714. The molecule has 0 aliphatic rings. The van der Waals surface area contributed by atoms with Gasteiger partial charge in [-0.05, 0) is 6.42 Å². The summed E-state index contributed by atoms with van der Waals surface area (Å²) >= 11 is 0. The van der Waals surface area contributed by atoms with Crippen molar-refractivity contribution in [1.82, 2.24) is 15.0 Å². The van der Waals surface area contributed by atoms with E-state index in [1.165, 1.54) is 19.3 Å². The van der Waals surface area contributed by atoms with Gasteiger partial charge in [-0.1, -0.05) is 19.8 Å². The molecule has 0 aliphatic carbocycles. The van der Waals surface area contributed by atoms with Crippen molar-refractivity contribution in [3.63, 3.8) is 0 Å². The maximum absolute atomic E-state index is 3.99. The second-order valence-corrected chi connectivity index (χ2v) is 2.33. The Morgan fingerprint density at radius 1 is 1.20 bits per heavy atom. The van der Waals surface area contributed by atoms with Crippen molar-refractivity contribution in [2.45, 2.75) is 32.7 Å². The van der Waals surface area contributed by atoms with Crippen molar-refractivity contribution >= 4 is 0 Å². The molecule has 1 aromatic heterocycles. The fourth-order valence-corrected chi connectivity index (χ4v) is 0.862. The second kappa shape index (κ2) is 4.04. The largest absolute Gasteiger partial charge is 0.185 e. The summed E-state index contributed by atoms with van der Waals surface area (Å²) in [6.45, 7) is 3.15. The minimum Gasteiger partial charge on any atom is -0.185 e. The number of rotatable bonds is 4. The SMILES string of the molecule is CCCCCn1nccn1. The fourth-order valence-electron chi connectivity index (χ4n) is 0.862. The second-order valence-electron chi connectivity index (χ2n) is 2.33. The standard InChI is InChI=1S/C7H13N3/c1-2-3-4-7-10-8-5-6-9-10/h5-6H,2-4,7H2,1H3. The van der Waals surface area contributed by atoms with Crippen molar-refractivity contribution < 1.29 is 0 Å². The summed E-state index contributed by atoms with van der Waals surface area (Å²) in [6.07, 6.45) is 7.13. The Labute approximate surface area is 61.1 Å². The van der Waals surface area contributed by atoms with Crippen LogP contribution in [-0.2, 0) is 6.54 Å². The van der Waals surface area contributed by atoms with Crippen LogP contribution in [0.5, 0.6) is 0 Å². The third kappa shape index (κ3) is 2.17. The molecule has 0 bridgehead atoms. The molecule has 0 fully saturated rings. The van der Waals surface area contributed by atoms with Gasteiger partial charge in [0, 0.05) is 0 Å². The van der Waals surface area contributed by atoms with Crippen LogP contribution in [0.3, 0.4) is 0 Å². The monoisotopic (exact) mass is 139 g/mol. The molecule has 0 aliphatic heterocycles. The summed E-state index contributed by atoms with van der Waals surface area (Å²) in [6, 6.07) is 0. The highest BCUT2D eigenvalue weighted by molar-refractivity contribution is 4.59. The van der Waals surface area contributed by atoms with Crippen molar-refractivity contribution in [3.05, 3.63) is 12.4 Å². The summed E-state index contributed by atoms with van der Waals surface area (Å²) in [4.78, 5) is 1.73. The first-order valence-corrected chi connectivity index (χ1v) is 3.77. The Kier molecular flexibility index (Phi) is 2.93. The Balaban J connectivity index is 2.15. The summed E-state index contributed by atoms with van der Waals surface area (Å²) in [5.74, 6) is 0. The molecule has 0 N–H and O–H groups in total. The summed E-state index contributed by atoms with van der Waals surface area (Å²) in [5.41, 5.74) is 0. The van der Waals surface area contributed by atoms with E-state index in [1.54, 1.807) is 17.2 Å². The van der Waals surface area contributed by atoms with Crippen LogP contribution in [0.2, 0.25) is 0 Å². The maximum atomic E-state index is 3.99. The van der Waals surface area contributed by atoms with E-state index in [0.29, 0.717) is 0 Å². The van der Waals surface area contributed by atoms with Crippen LogP contribution in [0.15, 0.2) is 12.4 Å². The minimum absolute atomic E-state index is 0.959. The van der Waals surface area contributed by atoms with Crippen LogP contribution in [0, 0.1) is 0 Å². The molecular formula is C7H13N3. The summed E-state index contributed by atoms with van der Waals surface area (Å²) in [5, 5.41) is 7.99. The van der Waals surface area contributed by atoms with E-state index in [1.807, 2.05) is 0 Å². The molecule has 10 heavy (non-hydrogen) atoms. The van der Waals surface area contributed by atoms with E-state index in [9.17, 15) is 0 Å². The predicted octanol–water partition coefficient (Wildman–Crippen LogP) is 1.47. The number of aryl methyl sites for hydroxylation is 1. The average Bonchev–Trinajstić information content (AvgIpc) is 2.41. The highest BCUT2D eigenvalue weighted by Gasteiger charge is 1.89. The zero-order valence-corrected chi connectivity index (χ0v) is 6.32. The van der Waals surface area contributed by atoms with Gasteiger partial charge in [-0.15, -0.1) is 0 Å². The number of nitrogens with zero attached hydrogens (tertiary/aromatic N) is 3. The van der Waals surface area contributed by atoms with Gasteiger partial charge in [0.05, 0.1) is 18.9 Å². The topological polar surface area (TPSA) is 30.7 Å². The van der Waals surface area contributed by atoms with Gasteiger partial charge in [-0.2, -0.15) is 15.0 Å². The first kappa shape index (κ1) is 7.25. The highest BCUT2D eigenvalue weighted by atomic mass is 15.5. The molecule has 0 spiro atoms. The summed E-state index contributed by atoms with van der Waals surface area (Å²) in [7, 11) is 0. The van der Waals surface area contributed by atoms with Crippen molar-refractivity contribution in [1.29, 1.82) is 0 Å². The van der Waals surface area contributed by atoms with E-state index < -0.39 is 0 Å². The van der Waals surface area contributed by atoms with Gasteiger partial charge in [-0.3, -0.25) is 0 Å². The normalized spacial score (nSPS) is 10.1. The van der Waals surface area contributed by atoms with Crippen molar-refractivity contribution in [2.24, 2.45) is 0 Å². The van der Waals surface area contributed by atoms with E-state index in [2.05, 4.69) is 17.1 Å². The molecule has 3 nitrogen and oxygen atoms in total. The Hall–Kier alpha value is -0.860. The number of unbranched alkanes of at least 4 members (excludes halogenated alkanes) is 2. The van der Waals surface area contributed by atoms with Crippen LogP contribution in [0.1, 0.15) is 26.2 Å². The zero-order valence-electron chi connectivity index (χ0n) is 6.32. The van der Waals surface area contributed by atoms with E-state index in [-0.39, 0.29) is 0 Å². The summed E-state index contributed by atoms with van der Waals surface area (Å²) < 4.78 is 0. The van der Waals surface area contributed by atoms with Crippen molar-refractivity contribution in [2.75, 3.05) is 0 Å². The molecule has 56 valence electrons. The smallest absolute Gasteiger partial charge is 0.0693 e. The van der Waals surface area contributed by atoms with E-state index >= 15 is 0 Å². The predicted molar refractivity (Wildman–Crippen MR) is 39.5 cm³/mol. The van der Waals surface area contributed by atoms with Crippen LogP contribution in [0.25, 0.3) is 0 Å². The van der Waals surface area contributed by atoms with Gasteiger partial charge < -0.3 is 0 Å². The molecule has 0 amide bonds. The molecular weight excluding hydrogens is 126 g/mol. The Morgan fingerprint density at radius 3 is 2.50 bits per heavy atom. The lowest BCUT2D eigenvalue weighted by Gasteiger charge is -1.96. The first-order valence-electron chi connectivity index (χ1n) is 3.77. The number of aromatic nitrogens is 3. The van der Waals surface area contributed by atoms with Gasteiger partial charge in [-0.25, -0.2) is 0 Å². The Morgan fingerprint density at radius 2 is 1.90 bits per heavy atom. The van der Waals surface area contributed by atoms with Crippen LogP contribution >= 0.6 is 0 Å². The third-order valence-electron chi connectivity index (χ3n) is 1.43. The molecule has 0 saturated heterocycles. The van der Waals surface area contributed by atoms with Crippen LogP contribution in [-0.4, -0.2) is 15.0 Å². The quantitative estimate of drug-likeness (QED) is 0.591. The molecule has 3 heteroatoms. The lowest BCUT2D eigenvalue weighted by Crippen LogP contribution is -2.01. The van der Waals surface area contributed by atoms with E-state index in [4.69, 9.17) is 0 Å². The van der Waals surface area contributed by atoms with Crippen molar-refractivity contribution in [3.8, 4) is 0 Å². The van der Waals surface area contributed by atoms with Gasteiger partial charge in [0.1, 0.15) is 0 Å². The lowest BCUT2D eigenvalue weighted by molar-refractivity contribution is 0.496. The third-order valence-corrected chi connectivity index (χ3v) is 1.43. The molecule has 1 heterocycles. The maximum Gasteiger partial charge on any atom is 0.0693 e. The molecule has 0 atom stereocenters. The molecule has 1 aromatic rings. The number of hydrogen-bond acceptors (Lipinski definition) is 2. The van der Waals surface area contributed by atoms with Gasteiger partial charge >= 0.3 is 0 Å². The molecule has 0 aromatic carbocycles. The first-order chi connectivity index (χ1) is 4.93. The number of hydrogen-bond donors (Lipinski definition) is 0. The zero-order chi connectivity index (χ0) is 7.23. The van der Waals surface area contributed by atoms with Gasteiger partial charge in [0.25, 0.3) is 0 Å². The van der Waals surface area contributed by atoms with E-state index in [0.717, 1.165) is 6.54 Å². The molecule has 0 unspecified atom stereocenters. The molecule has 0 radical (unpaired) electrons. The molecule has 0 saturated carbocycles. The van der Waals surface area contributed by atoms with Gasteiger partial charge in [0.2, 0.25) is 0 Å². The van der Waals surface area contributed by atoms with Crippen LogP contribution in [0.4, 0.5) is 0 Å². The minimum atomic E-state index is 0.959. The highest BCUT2D eigenvalue weighted by Crippen LogP contribution is 1.94. The lowest BCUT2D eigenvalue weighted by atomic mass is 10.2. The molecule has 1 rings (SSSR count). The average molecular weight is 139 g/mol.